The van der Waals surface area contributed by atoms with E-state index in [1.54, 1.807) is 36.4 Å². The Morgan fingerprint density at radius 1 is 1.15 bits per heavy atom. The average Bonchev–Trinajstić information content (AvgIpc) is 3.34. The molecule has 34 heavy (non-hydrogen) atoms. The lowest BCUT2D eigenvalue weighted by Crippen LogP contribution is -2.38. The fourth-order valence-electron chi connectivity index (χ4n) is 3.35. The fourth-order valence-corrected chi connectivity index (χ4v) is 3.61. The summed E-state index contributed by atoms with van der Waals surface area (Å²) in [5, 5.41) is 14.2. The van der Waals surface area contributed by atoms with Gasteiger partial charge >= 0.3 is 12.0 Å². The van der Waals surface area contributed by atoms with Gasteiger partial charge < -0.3 is 20.2 Å². The molecule has 2 aromatic carbocycles. The molecule has 0 atom stereocenters. The number of imide groups is 1. The first-order valence-corrected chi connectivity index (χ1v) is 10.4. The lowest BCUT2D eigenvalue weighted by atomic mass is 10.1. The lowest BCUT2D eigenvalue weighted by Gasteiger charge is -2.12. The normalized spacial score (nSPS) is 14.4. The molecule has 3 aromatic rings. The molecule has 9 nitrogen and oxygen atoms in total. The van der Waals surface area contributed by atoms with Gasteiger partial charge in [0.2, 0.25) is 5.91 Å². The summed E-state index contributed by atoms with van der Waals surface area (Å²) >= 11 is 6.01. The van der Waals surface area contributed by atoms with Gasteiger partial charge in [-0.2, -0.15) is 0 Å². The molecule has 3 N–H and O–H groups in total. The van der Waals surface area contributed by atoms with Crippen LogP contribution in [0.5, 0.6) is 0 Å². The van der Waals surface area contributed by atoms with E-state index in [0.717, 1.165) is 10.5 Å². The van der Waals surface area contributed by atoms with Crippen LogP contribution in [0.25, 0.3) is 17.4 Å². The third-order valence-corrected chi connectivity index (χ3v) is 5.28. The monoisotopic (exact) mass is 479 g/mol. The van der Waals surface area contributed by atoms with Crippen molar-refractivity contribution in [2.75, 3.05) is 11.9 Å². The molecule has 1 saturated heterocycles. The highest BCUT2D eigenvalue weighted by atomic mass is 35.5. The smallest absolute Gasteiger partial charge is 0.337 e. The van der Waals surface area contributed by atoms with Crippen molar-refractivity contribution in [3.63, 3.8) is 0 Å². The number of furan rings is 1. The number of carbonyl (C=O) groups excluding carboxylic acids is 3. The average molecular weight is 480 g/mol. The van der Waals surface area contributed by atoms with Gasteiger partial charge in [-0.1, -0.05) is 29.8 Å². The molecular formula is C24H18ClN3O6. The Hall–Kier alpha value is -4.37. The van der Waals surface area contributed by atoms with Crippen LogP contribution >= 0.6 is 11.6 Å². The number of hydrogen-bond donors (Lipinski definition) is 3. The number of carboxylic acids is 1. The number of nitrogens with one attached hydrogen (secondary N) is 2. The minimum absolute atomic E-state index is 0.0369. The van der Waals surface area contributed by atoms with Crippen LogP contribution in [0.2, 0.25) is 5.02 Å². The number of anilines is 1. The van der Waals surface area contributed by atoms with E-state index in [1.807, 2.05) is 13.0 Å². The summed E-state index contributed by atoms with van der Waals surface area (Å²) in [6.07, 6.45) is 1.34. The maximum absolute atomic E-state index is 12.7. The molecule has 0 radical (unpaired) electrons. The number of aromatic carboxylic acids is 1. The summed E-state index contributed by atoms with van der Waals surface area (Å²) in [6.45, 7) is 1.43. The third-order valence-electron chi connectivity index (χ3n) is 4.96. The van der Waals surface area contributed by atoms with Crippen molar-refractivity contribution in [1.29, 1.82) is 0 Å². The van der Waals surface area contributed by atoms with Gasteiger partial charge in [0, 0.05) is 17.3 Å². The number of nitrogens with zero attached hydrogens (tertiary/aromatic N) is 1. The van der Waals surface area contributed by atoms with Gasteiger partial charge in [0.25, 0.3) is 5.91 Å². The predicted molar refractivity (Wildman–Crippen MR) is 124 cm³/mol. The van der Waals surface area contributed by atoms with Gasteiger partial charge in [-0.25, -0.2) is 14.5 Å². The van der Waals surface area contributed by atoms with Gasteiger partial charge in [-0.15, -0.1) is 0 Å². The minimum atomic E-state index is -1.14. The molecule has 10 heteroatoms. The molecule has 4 rings (SSSR count). The van der Waals surface area contributed by atoms with E-state index in [2.05, 4.69) is 10.6 Å². The molecule has 172 valence electrons. The minimum Gasteiger partial charge on any atom is -0.478 e. The Bertz CT molecular complexity index is 1360. The third kappa shape index (κ3) is 4.84. The molecular weight excluding hydrogens is 462 g/mol. The van der Waals surface area contributed by atoms with Crippen LogP contribution < -0.4 is 10.6 Å². The first-order valence-electron chi connectivity index (χ1n) is 10.1. The van der Waals surface area contributed by atoms with Crippen LogP contribution in [-0.4, -0.2) is 40.4 Å². The second-order valence-corrected chi connectivity index (χ2v) is 7.91. The molecule has 0 unspecified atom stereocenters. The number of urea groups is 1. The van der Waals surface area contributed by atoms with E-state index in [9.17, 15) is 19.2 Å². The summed E-state index contributed by atoms with van der Waals surface area (Å²) in [4.78, 5) is 49.2. The SMILES string of the molecule is Cc1cccc(NC(=O)CN2C(=O)NC(=Cc3ccc(-c4ccc(C(=O)O)c(Cl)c4)o3)C2=O)c1. The second kappa shape index (κ2) is 9.24. The molecule has 1 aliphatic heterocycles. The summed E-state index contributed by atoms with van der Waals surface area (Å²) < 4.78 is 5.69. The van der Waals surface area contributed by atoms with E-state index in [-0.39, 0.29) is 22.0 Å². The summed E-state index contributed by atoms with van der Waals surface area (Å²) in [7, 11) is 0. The predicted octanol–water partition coefficient (Wildman–Crippen LogP) is 4.14. The van der Waals surface area contributed by atoms with Crippen molar-refractivity contribution < 1.29 is 28.7 Å². The summed E-state index contributed by atoms with van der Waals surface area (Å²) in [6, 6.07) is 14.0. The van der Waals surface area contributed by atoms with Gasteiger partial charge in [0.1, 0.15) is 23.8 Å². The van der Waals surface area contributed by atoms with Crippen molar-refractivity contribution in [3.05, 3.63) is 82.2 Å². The van der Waals surface area contributed by atoms with Crippen molar-refractivity contribution in [3.8, 4) is 11.3 Å². The van der Waals surface area contributed by atoms with Crippen LogP contribution in [0.4, 0.5) is 10.5 Å². The van der Waals surface area contributed by atoms with E-state index in [1.165, 1.54) is 18.2 Å². The van der Waals surface area contributed by atoms with E-state index >= 15 is 0 Å². The maximum atomic E-state index is 12.7. The number of rotatable bonds is 6. The van der Waals surface area contributed by atoms with Crippen molar-refractivity contribution in [2.24, 2.45) is 0 Å². The summed E-state index contributed by atoms with van der Waals surface area (Å²) in [5.74, 6) is -1.68. The first-order chi connectivity index (χ1) is 16.2. The molecule has 2 heterocycles. The Kier molecular flexibility index (Phi) is 6.20. The molecule has 0 aliphatic carbocycles. The van der Waals surface area contributed by atoms with E-state index in [4.69, 9.17) is 21.1 Å². The molecule has 0 spiro atoms. The number of carbonyl (C=O) groups is 4. The molecule has 4 amide bonds. The highest BCUT2D eigenvalue weighted by molar-refractivity contribution is 6.33. The number of carboxylic acid groups (broad SMARTS) is 1. The van der Waals surface area contributed by atoms with Crippen LogP contribution in [0.1, 0.15) is 21.7 Å². The Balaban J connectivity index is 1.46. The van der Waals surface area contributed by atoms with Crippen LogP contribution in [0.15, 0.2) is 64.7 Å². The Morgan fingerprint density at radius 3 is 2.65 bits per heavy atom. The number of amides is 4. The number of aryl methyl sites for hydroxylation is 1. The van der Waals surface area contributed by atoms with Gasteiger partial charge in [-0.3, -0.25) is 9.59 Å². The van der Waals surface area contributed by atoms with Gasteiger partial charge in [0.05, 0.1) is 10.6 Å². The zero-order chi connectivity index (χ0) is 24.4. The number of halogens is 1. The Morgan fingerprint density at radius 2 is 1.94 bits per heavy atom. The fraction of sp³-hybridized carbons (Fsp3) is 0.0833. The van der Waals surface area contributed by atoms with Crippen molar-refractivity contribution in [2.45, 2.75) is 6.92 Å². The topological polar surface area (TPSA) is 129 Å². The molecule has 0 saturated carbocycles. The van der Waals surface area contributed by atoms with E-state index < -0.39 is 30.4 Å². The number of hydrogen-bond acceptors (Lipinski definition) is 5. The summed E-state index contributed by atoms with van der Waals surface area (Å²) in [5.41, 5.74) is 1.97. The lowest BCUT2D eigenvalue weighted by molar-refractivity contribution is -0.127. The highest BCUT2D eigenvalue weighted by Gasteiger charge is 2.35. The van der Waals surface area contributed by atoms with Crippen LogP contribution in [0, 0.1) is 6.92 Å². The first kappa shape index (κ1) is 22.8. The quantitative estimate of drug-likeness (QED) is 0.360. The van der Waals surface area contributed by atoms with Crippen LogP contribution in [0.3, 0.4) is 0 Å². The largest absolute Gasteiger partial charge is 0.478 e. The molecule has 0 bridgehead atoms. The standard InChI is InChI=1S/C24H18ClN3O6/c1-13-3-2-4-15(9-13)26-21(29)12-28-22(30)19(27-24(28)33)11-16-6-8-20(34-16)14-5-7-17(23(31)32)18(25)10-14/h2-11H,12H2,1H3,(H,26,29)(H,27,33)(H,31,32). The molecule has 1 aromatic heterocycles. The van der Waals surface area contributed by atoms with Crippen LogP contribution in [-0.2, 0) is 9.59 Å². The van der Waals surface area contributed by atoms with Gasteiger partial charge in [0.15, 0.2) is 0 Å². The van der Waals surface area contributed by atoms with E-state index in [0.29, 0.717) is 17.0 Å². The molecule has 1 fully saturated rings. The zero-order valence-electron chi connectivity index (χ0n) is 17.8. The zero-order valence-corrected chi connectivity index (χ0v) is 18.6. The van der Waals surface area contributed by atoms with Gasteiger partial charge in [-0.05, 0) is 48.9 Å². The van der Waals surface area contributed by atoms with Crippen molar-refractivity contribution in [1.82, 2.24) is 10.2 Å². The second-order valence-electron chi connectivity index (χ2n) is 7.50. The number of benzene rings is 2. The van der Waals surface area contributed by atoms with Crippen molar-refractivity contribution >= 4 is 47.2 Å². The maximum Gasteiger partial charge on any atom is 0.337 e. The highest BCUT2D eigenvalue weighted by Crippen LogP contribution is 2.28. The Labute approximate surface area is 198 Å². The molecule has 1 aliphatic rings.